The Balaban J connectivity index is 1.76. The van der Waals surface area contributed by atoms with Crippen molar-refractivity contribution in [3.63, 3.8) is 0 Å². The number of pyridine rings is 1. The molecule has 0 aliphatic heterocycles. The molecule has 9 heteroatoms. The Hall–Kier alpha value is -3.04. The summed E-state index contributed by atoms with van der Waals surface area (Å²) in [5.41, 5.74) is 1.14. The van der Waals surface area contributed by atoms with Gasteiger partial charge in [-0.1, -0.05) is 12.1 Å². The Morgan fingerprint density at radius 3 is 2.31 bits per heavy atom. The normalized spacial score (nSPS) is 11.4. The molecule has 0 aliphatic rings. The third-order valence-corrected chi connectivity index (χ3v) is 5.24. The smallest absolute Gasteiger partial charge is 0.254 e. The summed E-state index contributed by atoms with van der Waals surface area (Å²) in [7, 11) is -3.78. The molecular weight excluding hydrogens is 402 g/mol. The number of sulfonamides is 1. The lowest BCUT2D eigenvalue weighted by Gasteiger charge is -2.13. The molecule has 0 radical (unpaired) electrons. The molecule has 1 aromatic heterocycles. The van der Waals surface area contributed by atoms with Crippen LogP contribution in [0.3, 0.4) is 0 Å². The van der Waals surface area contributed by atoms with E-state index in [0.29, 0.717) is 11.3 Å². The van der Waals surface area contributed by atoms with Gasteiger partial charge < -0.3 is 9.30 Å². The van der Waals surface area contributed by atoms with Gasteiger partial charge in [0.1, 0.15) is 24.0 Å². The number of benzene rings is 2. The summed E-state index contributed by atoms with van der Waals surface area (Å²) >= 11 is 0. The number of rotatable bonds is 6. The molecule has 0 amide bonds. The maximum Gasteiger partial charge on any atom is 0.254 e. The minimum atomic E-state index is -3.78. The molecule has 0 aliphatic carbocycles. The van der Waals surface area contributed by atoms with Crippen LogP contribution in [0.1, 0.15) is 16.8 Å². The number of hydrogen-bond donors (Lipinski definition) is 1. The zero-order valence-corrected chi connectivity index (χ0v) is 16.2. The van der Waals surface area contributed by atoms with Crippen LogP contribution in [0.4, 0.5) is 8.78 Å². The molecule has 2 aromatic carbocycles. The van der Waals surface area contributed by atoms with Crippen molar-refractivity contribution in [3.05, 3.63) is 93.4 Å². The van der Waals surface area contributed by atoms with Gasteiger partial charge in [-0.2, -0.15) is 0 Å². The SMILES string of the molecule is Cc1cc(OCc2ccc(F)cc2F)cc(=O)n1Cc1ccc(S(N)(=O)=O)cc1. The van der Waals surface area contributed by atoms with Crippen LogP contribution in [0.25, 0.3) is 0 Å². The number of ether oxygens (including phenoxy) is 1. The topological polar surface area (TPSA) is 91.4 Å². The summed E-state index contributed by atoms with van der Waals surface area (Å²) in [6.45, 7) is 1.79. The monoisotopic (exact) mass is 420 g/mol. The van der Waals surface area contributed by atoms with Crippen LogP contribution < -0.4 is 15.4 Å². The lowest BCUT2D eigenvalue weighted by atomic mass is 10.2. The Kier molecular flexibility index (Phi) is 5.81. The van der Waals surface area contributed by atoms with Crippen LogP contribution in [-0.4, -0.2) is 13.0 Å². The molecule has 152 valence electrons. The van der Waals surface area contributed by atoms with Crippen LogP contribution in [0.15, 0.2) is 64.3 Å². The maximum absolute atomic E-state index is 13.7. The minimum absolute atomic E-state index is 0.0120. The molecule has 29 heavy (non-hydrogen) atoms. The second-order valence-electron chi connectivity index (χ2n) is 6.47. The van der Waals surface area contributed by atoms with Gasteiger partial charge in [-0.05, 0) is 42.8 Å². The quantitative estimate of drug-likeness (QED) is 0.664. The molecule has 0 saturated heterocycles. The molecule has 0 saturated carbocycles. The van der Waals surface area contributed by atoms with Crippen molar-refractivity contribution in [2.24, 2.45) is 5.14 Å². The fraction of sp³-hybridized carbons (Fsp3) is 0.150. The average molecular weight is 420 g/mol. The van der Waals surface area contributed by atoms with Gasteiger partial charge in [0.05, 0.1) is 11.4 Å². The van der Waals surface area contributed by atoms with Gasteiger partial charge in [0, 0.05) is 23.4 Å². The van der Waals surface area contributed by atoms with E-state index in [-0.39, 0.29) is 34.9 Å². The van der Waals surface area contributed by atoms with Gasteiger partial charge in [-0.3, -0.25) is 4.79 Å². The molecule has 0 fully saturated rings. The van der Waals surface area contributed by atoms with Crippen LogP contribution >= 0.6 is 0 Å². The Morgan fingerprint density at radius 1 is 1.03 bits per heavy atom. The van der Waals surface area contributed by atoms with E-state index in [9.17, 15) is 22.0 Å². The van der Waals surface area contributed by atoms with Crippen LogP contribution in [0.5, 0.6) is 5.75 Å². The first-order valence-corrected chi connectivity index (χ1v) is 10.1. The number of aryl methyl sites for hydroxylation is 1. The highest BCUT2D eigenvalue weighted by Crippen LogP contribution is 2.16. The summed E-state index contributed by atoms with van der Waals surface area (Å²) in [4.78, 5) is 12.4. The lowest BCUT2D eigenvalue weighted by Crippen LogP contribution is -2.22. The first-order valence-electron chi connectivity index (χ1n) is 8.53. The highest BCUT2D eigenvalue weighted by Gasteiger charge is 2.10. The van der Waals surface area contributed by atoms with Crippen molar-refractivity contribution in [1.29, 1.82) is 0 Å². The van der Waals surface area contributed by atoms with Crippen LogP contribution in [0, 0.1) is 18.6 Å². The second-order valence-corrected chi connectivity index (χ2v) is 8.03. The van der Waals surface area contributed by atoms with Gasteiger partial charge >= 0.3 is 0 Å². The fourth-order valence-electron chi connectivity index (χ4n) is 2.75. The second kappa shape index (κ2) is 8.14. The van der Waals surface area contributed by atoms with E-state index in [2.05, 4.69) is 0 Å². The molecule has 6 nitrogen and oxygen atoms in total. The predicted octanol–water partition coefficient (Wildman–Crippen LogP) is 2.71. The van der Waals surface area contributed by atoms with Gasteiger partial charge in [-0.15, -0.1) is 0 Å². The first kappa shape index (κ1) is 20.7. The molecule has 0 bridgehead atoms. The lowest BCUT2D eigenvalue weighted by molar-refractivity contribution is 0.298. The van der Waals surface area contributed by atoms with Crippen molar-refractivity contribution >= 4 is 10.0 Å². The third kappa shape index (κ3) is 5.07. The Labute approximate surface area is 166 Å². The largest absolute Gasteiger partial charge is 0.489 e. The highest BCUT2D eigenvalue weighted by atomic mass is 32.2. The summed E-state index contributed by atoms with van der Waals surface area (Å²) in [5.74, 6) is -1.14. The summed E-state index contributed by atoms with van der Waals surface area (Å²) in [5, 5.41) is 5.07. The van der Waals surface area contributed by atoms with Crippen molar-refractivity contribution in [2.45, 2.75) is 25.0 Å². The highest BCUT2D eigenvalue weighted by molar-refractivity contribution is 7.89. The van der Waals surface area contributed by atoms with Crippen molar-refractivity contribution < 1.29 is 21.9 Å². The van der Waals surface area contributed by atoms with E-state index in [4.69, 9.17) is 9.88 Å². The van der Waals surface area contributed by atoms with Crippen molar-refractivity contribution in [2.75, 3.05) is 0 Å². The summed E-state index contributed by atoms with van der Waals surface area (Å²) in [6.07, 6.45) is 0. The minimum Gasteiger partial charge on any atom is -0.489 e. The van der Waals surface area contributed by atoms with E-state index in [1.54, 1.807) is 25.1 Å². The molecule has 1 heterocycles. The van der Waals surface area contributed by atoms with Gasteiger partial charge in [0.15, 0.2) is 0 Å². The number of nitrogens with two attached hydrogens (primary N) is 1. The number of halogens is 2. The molecule has 2 N–H and O–H groups in total. The third-order valence-electron chi connectivity index (χ3n) is 4.31. The zero-order valence-electron chi connectivity index (χ0n) is 15.4. The summed E-state index contributed by atoms with van der Waals surface area (Å²) < 4.78 is 56.2. The number of primary sulfonamides is 1. The number of nitrogens with zero attached hydrogens (tertiary/aromatic N) is 1. The van der Waals surface area contributed by atoms with Crippen LogP contribution in [-0.2, 0) is 23.2 Å². The Morgan fingerprint density at radius 2 is 1.72 bits per heavy atom. The average Bonchev–Trinajstić information content (AvgIpc) is 2.64. The van der Waals surface area contributed by atoms with Gasteiger partial charge in [0.2, 0.25) is 10.0 Å². The summed E-state index contributed by atoms with van der Waals surface area (Å²) in [6, 6.07) is 12.0. The van der Waals surface area contributed by atoms with Crippen molar-refractivity contribution in [1.82, 2.24) is 4.57 Å². The van der Waals surface area contributed by atoms with E-state index in [0.717, 1.165) is 12.1 Å². The maximum atomic E-state index is 13.7. The fourth-order valence-corrected chi connectivity index (χ4v) is 3.27. The Bertz CT molecular complexity index is 1210. The standard InChI is InChI=1S/C20H18F2N2O4S/c1-13-8-17(28-12-15-4-5-16(21)9-19(15)22)10-20(25)24(13)11-14-2-6-18(7-3-14)29(23,26)27/h2-10H,11-12H2,1H3,(H2,23,26,27). The van der Waals surface area contributed by atoms with Gasteiger partial charge in [-0.25, -0.2) is 22.3 Å². The molecule has 0 unspecified atom stereocenters. The zero-order chi connectivity index (χ0) is 21.2. The molecule has 3 rings (SSSR count). The van der Waals surface area contributed by atoms with E-state index < -0.39 is 21.7 Å². The molecular formula is C20H18F2N2O4S. The van der Waals surface area contributed by atoms with E-state index in [1.807, 2.05) is 0 Å². The predicted molar refractivity (Wildman–Crippen MR) is 103 cm³/mol. The van der Waals surface area contributed by atoms with E-state index in [1.165, 1.54) is 28.8 Å². The number of hydrogen-bond acceptors (Lipinski definition) is 4. The number of aromatic nitrogens is 1. The van der Waals surface area contributed by atoms with Gasteiger partial charge in [0.25, 0.3) is 5.56 Å². The molecule has 0 spiro atoms. The van der Waals surface area contributed by atoms with Crippen LogP contribution in [0.2, 0.25) is 0 Å². The first-order chi connectivity index (χ1) is 13.6. The van der Waals surface area contributed by atoms with E-state index >= 15 is 0 Å². The molecule has 0 atom stereocenters. The molecule has 3 aromatic rings. The van der Waals surface area contributed by atoms with Crippen molar-refractivity contribution in [3.8, 4) is 5.75 Å².